The summed E-state index contributed by atoms with van der Waals surface area (Å²) in [6, 6.07) is 0. The first kappa shape index (κ1) is 35.4. The fourth-order valence-corrected chi connectivity index (χ4v) is 5.46. The van der Waals surface area contributed by atoms with E-state index in [1.807, 2.05) is 0 Å². The van der Waals surface area contributed by atoms with Crippen LogP contribution in [0.25, 0.3) is 0 Å². The van der Waals surface area contributed by atoms with Gasteiger partial charge in [-0.1, -0.05) is 134 Å². The van der Waals surface area contributed by atoms with Crippen molar-refractivity contribution in [2.24, 2.45) is 10.8 Å². The van der Waals surface area contributed by atoms with Gasteiger partial charge in [0.05, 0.1) is 0 Å². The van der Waals surface area contributed by atoms with E-state index in [9.17, 15) is 0 Å². The van der Waals surface area contributed by atoms with Gasteiger partial charge in [0.15, 0.2) is 0 Å². The molecule has 0 aromatic rings. The van der Waals surface area contributed by atoms with Crippen LogP contribution in [0.15, 0.2) is 117 Å². The minimum atomic E-state index is 0.330. The molecule has 0 saturated carbocycles. The lowest BCUT2D eigenvalue weighted by Crippen LogP contribution is -2.19. The van der Waals surface area contributed by atoms with Gasteiger partial charge < -0.3 is 0 Å². The molecule has 0 saturated heterocycles. The fraction of sp³-hybridized carbons (Fsp3) is 0.500. The first-order chi connectivity index (χ1) is 18.7. The molecule has 0 bridgehead atoms. The van der Waals surface area contributed by atoms with E-state index in [4.69, 9.17) is 0 Å². The molecule has 0 atom stereocenters. The molecule has 40 heavy (non-hydrogen) atoms. The average molecular weight is 541 g/mol. The summed E-state index contributed by atoms with van der Waals surface area (Å²) >= 11 is 0. The van der Waals surface area contributed by atoms with Gasteiger partial charge in [0, 0.05) is 0 Å². The Balaban J connectivity index is 0.000000400. The second kappa shape index (κ2) is 17.3. The Labute approximate surface area is 249 Å². The van der Waals surface area contributed by atoms with Crippen LogP contribution in [-0.2, 0) is 0 Å². The second-order valence-electron chi connectivity index (χ2n) is 13.1. The van der Waals surface area contributed by atoms with Gasteiger partial charge in [-0.15, -0.1) is 0 Å². The molecule has 0 aromatic heterocycles. The van der Waals surface area contributed by atoms with Gasteiger partial charge in [0.25, 0.3) is 0 Å². The highest BCUT2D eigenvalue weighted by molar-refractivity contribution is 5.38. The number of rotatable bonds is 8. The summed E-state index contributed by atoms with van der Waals surface area (Å²) in [6.45, 7) is 26.7. The van der Waals surface area contributed by atoms with Crippen molar-refractivity contribution in [3.05, 3.63) is 117 Å². The number of hydrogen-bond acceptors (Lipinski definition) is 0. The van der Waals surface area contributed by atoms with Crippen LogP contribution >= 0.6 is 0 Å². The zero-order valence-corrected chi connectivity index (χ0v) is 28.2. The molecule has 0 radical (unpaired) electrons. The molecule has 220 valence electrons. The van der Waals surface area contributed by atoms with Crippen molar-refractivity contribution >= 4 is 0 Å². The van der Waals surface area contributed by atoms with Crippen LogP contribution < -0.4 is 0 Å². The third-order valence-electron chi connectivity index (χ3n) is 8.46. The topological polar surface area (TPSA) is 0 Å². The molecular formula is C40H60. The van der Waals surface area contributed by atoms with Crippen LogP contribution in [0, 0.1) is 10.8 Å². The fourth-order valence-electron chi connectivity index (χ4n) is 5.46. The van der Waals surface area contributed by atoms with E-state index in [0.29, 0.717) is 10.8 Å². The van der Waals surface area contributed by atoms with Crippen molar-refractivity contribution in [2.45, 2.75) is 122 Å². The number of allylic oxidation sites excluding steroid dienone is 20. The van der Waals surface area contributed by atoms with Crippen LogP contribution in [-0.4, -0.2) is 0 Å². The van der Waals surface area contributed by atoms with E-state index in [1.165, 1.54) is 72.0 Å². The molecule has 0 heteroatoms. The van der Waals surface area contributed by atoms with Crippen LogP contribution in [0.4, 0.5) is 0 Å². The standard InChI is InChI=1S/2C20H30/c2*1-7-16(2)10-8-11-17(3)13-14-19-18(4)12-9-15-20(19,5)6/h2*7-8,10-11,13-14H,9,12,15H2,1-6H3/b10-8+,14-13+,16-7+,17-11-;10-8-,14-13+,16-7+,17-11+. The van der Waals surface area contributed by atoms with Crippen LogP contribution in [0.5, 0.6) is 0 Å². The Hall–Kier alpha value is -2.60. The third kappa shape index (κ3) is 12.7. The van der Waals surface area contributed by atoms with E-state index < -0.39 is 0 Å². The summed E-state index contributed by atoms with van der Waals surface area (Å²) in [5.74, 6) is 0. The van der Waals surface area contributed by atoms with Crippen molar-refractivity contribution in [2.75, 3.05) is 0 Å². The molecule has 0 spiro atoms. The summed E-state index contributed by atoms with van der Waals surface area (Å²) in [5.41, 5.74) is 12.0. The summed E-state index contributed by atoms with van der Waals surface area (Å²) in [4.78, 5) is 0. The zero-order valence-electron chi connectivity index (χ0n) is 28.2. The average Bonchev–Trinajstić information content (AvgIpc) is 2.87. The van der Waals surface area contributed by atoms with Gasteiger partial charge in [-0.25, -0.2) is 0 Å². The smallest absolute Gasteiger partial charge is 0.0104 e. The Bertz CT molecular complexity index is 1040. The largest absolute Gasteiger partial charge is 0.0847 e. The summed E-state index contributed by atoms with van der Waals surface area (Å²) in [7, 11) is 0. The quantitative estimate of drug-likeness (QED) is 0.269. The highest BCUT2D eigenvalue weighted by Gasteiger charge is 2.27. The predicted molar refractivity (Wildman–Crippen MR) is 184 cm³/mol. The van der Waals surface area contributed by atoms with Gasteiger partial charge in [-0.2, -0.15) is 0 Å². The molecule has 0 unspecified atom stereocenters. The SMILES string of the molecule is C/C=C(C)/C=C/C=C(C)\C=C\C1=C(C)CCCC1(C)C.C/C=C(C)/C=C\C=C(C)\C=C\C1=C(C)CCCC1(C)C. The van der Waals surface area contributed by atoms with Crippen molar-refractivity contribution in [1.82, 2.24) is 0 Å². The molecule has 0 amide bonds. The maximum Gasteiger partial charge on any atom is -0.0104 e. The zero-order chi connectivity index (χ0) is 30.3. The van der Waals surface area contributed by atoms with Crippen molar-refractivity contribution < 1.29 is 0 Å². The first-order valence-corrected chi connectivity index (χ1v) is 15.5. The van der Waals surface area contributed by atoms with E-state index in [0.717, 1.165) is 0 Å². The van der Waals surface area contributed by atoms with Gasteiger partial charge >= 0.3 is 0 Å². The first-order valence-electron chi connectivity index (χ1n) is 15.5. The molecule has 2 aliphatic rings. The molecule has 2 rings (SSSR count). The van der Waals surface area contributed by atoms with Crippen molar-refractivity contribution in [1.29, 1.82) is 0 Å². The minimum Gasteiger partial charge on any atom is -0.0847 e. The highest BCUT2D eigenvalue weighted by Crippen LogP contribution is 2.41. The highest BCUT2D eigenvalue weighted by atomic mass is 14.3. The summed E-state index contributed by atoms with van der Waals surface area (Å²) in [6.07, 6.45) is 34.1. The van der Waals surface area contributed by atoms with E-state index in [-0.39, 0.29) is 0 Å². The Morgan fingerprint density at radius 2 is 0.900 bits per heavy atom. The molecular weight excluding hydrogens is 480 g/mol. The van der Waals surface area contributed by atoms with Crippen LogP contribution in [0.1, 0.15) is 122 Å². The lowest BCUT2D eigenvalue weighted by atomic mass is 9.72. The molecule has 2 aliphatic carbocycles. The summed E-state index contributed by atoms with van der Waals surface area (Å²) in [5, 5.41) is 0. The number of hydrogen-bond donors (Lipinski definition) is 0. The van der Waals surface area contributed by atoms with Gasteiger partial charge in [-0.05, 0) is 116 Å². The minimum absolute atomic E-state index is 0.330. The normalized spacial score (nSPS) is 21.3. The van der Waals surface area contributed by atoms with Crippen LogP contribution in [0.3, 0.4) is 0 Å². The molecule has 0 aliphatic heterocycles. The maximum atomic E-state index is 2.36. The van der Waals surface area contributed by atoms with Crippen LogP contribution in [0.2, 0.25) is 0 Å². The van der Waals surface area contributed by atoms with Gasteiger partial charge in [-0.3, -0.25) is 0 Å². The lowest BCUT2D eigenvalue weighted by Gasteiger charge is -2.33. The predicted octanol–water partition coefficient (Wildman–Crippen LogP) is 13.1. The Morgan fingerprint density at radius 1 is 0.550 bits per heavy atom. The maximum absolute atomic E-state index is 2.36. The molecule has 0 heterocycles. The molecule has 0 fully saturated rings. The summed E-state index contributed by atoms with van der Waals surface area (Å²) < 4.78 is 0. The van der Waals surface area contributed by atoms with E-state index in [2.05, 4.69) is 156 Å². The molecule has 0 N–H and O–H groups in total. The van der Waals surface area contributed by atoms with E-state index in [1.54, 1.807) is 11.1 Å². The monoisotopic (exact) mass is 540 g/mol. The Morgan fingerprint density at radius 3 is 1.20 bits per heavy atom. The molecule has 0 nitrogen and oxygen atoms in total. The van der Waals surface area contributed by atoms with Crippen molar-refractivity contribution in [3.8, 4) is 0 Å². The van der Waals surface area contributed by atoms with Crippen molar-refractivity contribution in [3.63, 3.8) is 0 Å². The molecule has 0 aromatic carbocycles. The lowest BCUT2D eigenvalue weighted by molar-refractivity contribution is 0.376. The van der Waals surface area contributed by atoms with Gasteiger partial charge in [0.1, 0.15) is 0 Å². The second-order valence-corrected chi connectivity index (χ2v) is 13.1. The third-order valence-corrected chi connectivity index (χ3v) is 8.46. The van der Waals surface area contributed by atoms with E-state index >= 15 is 0 Å². The van der Waals surface area contributed by atoms with Gasteiger partial charge in [0.2, 0.25) is 0 Å². The Kier molecular flexibility index (Phi) is 15.3.